The van der Waals surface area contributed by atoms with Gasteiger partial charge in [-0.25, -0.2) is 0 Å². The highest BCUT2D eigenvalue weighted by molar-refractivity contribution is 5.81. The SMILES string of the molecule is C=C(C)[C@H]1C2C3CCC4[C@@]5(C)CC[C@H](O)C(C)(C)C5CC[C@@]4(C)[C@]3(C)CC[C@@]23C[C@@H]1OC3=O. The van der Waals surface area contributed by atoms with E-state index in [0.717, 1.165) is 19.3 Å². The smallest absolute Gasteiger partial charge is 0.312 e. The lowest BCUT2D eigenvalue weighted by atomic mass is 9.32. The second-order valence-corrected chi connectivity index (χ2v) is 14.7. The lowest BCUT2D eigenvalue weighted by Gasteiger charge is -2.72. The maximum Gasteiger partial charge on any atom is 0.312 e. The molecule has 0 aromatic heterocycles. The molecule has 5 saturated carbocycles. The zero-order valence-electron chi connectivity index (χ0n) is 21.9. The summed E-state index contributed by atoms with van der Waals surface area (Å²) in [5.74, 6) is 2.79. The molecule has 1 aliphatic heterocycles. The monoisotopic (exact) mass is 454 g/mol. The van der Waals surface area contributed by atoms with E-state index in [-0.39, 0.29) is 34.4 Å². The van der Waals surface area contributed by atoms with Gasteiger partial charge < -0.3 is 9.84 Å². The van der Waals surface area contributed by atoms with Crippen LogP contribution in [-0.4, -0.2) is 23.3 Å². The second-order valence-electron chi connectivity index (χ2n) is 14.7. The summed E-state index contributed by atoms with van der Waals surface area (Å²) in [5.41, 5.74) is 1.86. The van der Waals surface area contributed by atoms with Crippen molar-refractivity contribution in [1.29, 1.82) is 0 Å². The fourth-order valence-corrected chi connectivity index (χ4v) is 11.9. The Balaban J connectivity index is 1.41. The third kappa shape index (κ3) is 2.40. The quantitative estimate of drug-likeness (QED) is 0.361. The van der Waals surface area contributed by atoms with Gasteiger partial charge in [0.1, 0.15) is 6.10 Å². The van der Waals surface area contributed by atoms with Crippen LogP contribution in [0.1, 0.15) is 99.3 Å². The standard InChI is InChI=1S/C30H46O3/c1-17(2)23-19-16-30(25(32)33-19)15-14-28(6)18(24(23)30)8-9-21-27(5)12-11-22(31)26(3,4)20(27)10-13-29(21,28)7/h18-24,31H,1,8-16H2,2-7H3/t18?,19-,20?,21?,22-,23+,24?,27-,28+,29+,30+/m0/s1. The summed E-state index contributed by atoms with van der Waals surface area (Å²) >= 11 is 0. The van der Waals surface area contributed by atoms with Crippen LogP contribution in [-0.2, 0) is 9.53 Å². The van der Waals surface area contributed by atoms with Gasteiger partial charge in [-0.05, 0) is 104 Å². The minimum atomic E-state index is -0.236. The van der Waals surface area contributed by atoms with E-state index in [4.69, 9.17) is 4.74 Å². The van der Waals surface area contributed by atoms with Gasteiger partial charge in [0.05, 0.1) is 11.5 Å². The highest BCUT2D eigenvalue weighted by Crippen LogP contribution is 2.78. The van der Waals surface area contributed by atoms with Gasteiger partial charge in [0.2, 0.25) is 0 Å². The molecule has 184 valence electrons. The van der Waals surface area contributed by atoms with Crippen molar-refractivity contribution in [1.82, 2.24) is 0 Å². The molecule has 1 saturated heterocycles. The number of ether oxygens (including phenoxy) is 1. The van der Waals surface area contributed by atoms with Gasteiger partial charge in [-0.15, -0.1) is 0 Å². The Labute approximate surface area is 201 Å². The maximum absolute atomic E-state index is 13.2. The van der Waals surface area contributed by atoms with Crippen molar-refractivity contribution in [2.24, 2.45) is 56.7 Å². The molecular formula is C30H46O3. The number of rotatable bonds is 1. The number of esters is 1. The predicted octanol–water partition coefficient (Wildman–Crippen LogP) is 6.54. The van der Waals surface area contributed by atoms with E-state index in [1.54, 1.807) is 0 Å². The lowest BCUT2D eigenvalue weighted by molar-refractivity contribution is -0.250. The first-order valence-corrected chi connectivity index (χ1v) is 13.9. The molecule has 3 nitrogen and oxygen atoms in total. The normalized spacial score (nSPS) is 58.5. The van der Waals surface area contributed by atoms with E-state index in [0.29, 0.717) is 40.4 Å². The molecule has 1 spiro atoms. The topological polar surface area (TPSA) is 46.5 Å². The molecule has 33 heavy (non-hydrogen) atoms. The summed E-state index contributed by atoms with van der Waals surface area (Å²) in [5, 5.41) is 10.9. The van der Waals surface area contributed by atoms with Crippen molar-refractivity contribution < 1.29 is 14.6 Å². The summed E-state index contributed by atoms with van der Waals surface area (Å²) in [6, 6.07) is 0. The zero-order chi connectivity index (χ0) is 23.8. The molecule has 0 radical (unpaired) electrons. The van der Waals surface area contributed by atoms with E-state index in [2.05, 4.69) is 48.1 Å². The number of carbonyl (C=O) groups is 1. The molecule has 6 aliphatic rings. The van der Waals surface area contributed by atoms with Gasteiger partial charge in [0.25, 0.3) is 0 Å². The van der Waals surface area contributed by atoms with Crippen molar-refractivity contribution in [3.8, 4) is 0 Å². The molecule has 6 fully saturated rings. The van der Waals surface area contributed by atoms with Gasteiger partial charge in [0.15, 0.2) is 0 Å². The van der Waals surface area contributed by atoms with Crippen LogP contribution in [0.5, 0.6) is 0 Å². The number of fused-ring (bicyclic) bond motifs is 7. The Morgan fingerprint density at radius 2 is 1.67 bits per heavy atom. The Hall–Kier alpha value is -0.830. The molecule has 5 aliphatic carbocycles. The summed E-state index contributed by atoms with van der Waals surface area (Å²) in [6.45, 7) is 19.1. The third-order valence-corrected chi connectivity index (χ3v) is 13.7. The van der Waals surface area contributed by atoms with Crippen molar-refractivity contribution in [3.05, 3.63) is 12.2 Å². The van der Waals surface area contributed by atoms with Crippen LogP contribution >= 0.6 is 0 Å². The first kappa shape index (κ1) is 22.6. The van der Waals surface area contributed by atoms with Crippen molar-refractivity contribution >= 4 is 5.97 Å². The first-order valence-electron chi connectivity index (χ1n) is 13.9. The molecule has 0 amide bonds. The molecule has 6 rings (SSSR count). The van der Waals surface area contributed by atoms with Crippen LogP contribution in [0.3, 0.4) is 0 Å². The van der Waals surface area contributed by atoms with Crippen LogP contribution in [0.25, 0.3) is 0 Å². The zero-order valence-corrected chi connectivity index (χ0v) is 21.9. The molecule has 3 heteroatoms. The molecular weight excluding hydrogens is 408 g/mol. The van der Waals surface area contributed by atoms with Gasteiger partial charge in [-0.3, -0.25) is 4.79 Å². The third-order valence-electron chi connectivity index (χ3n) is 13.7. The molecule has 4 unspecified atom stereocenters. The molecule has 1 N–H and O–H groups in total. The largest absolute Gasteiger partial charge is 0.461 e. The van der Waals surface area contributed by atoms with E-state index < -0.39 is 0 Å². The molecule has 0 aromatic rings. The summed E-state index contributed by atoms with van der Waals surface area (Å²) < 4.78 is 5.94. The van der Waals surface area contributed by atoms with Gasteiger partial charge in [-0.1, -0.05) is 46.8 Å². The van der Waals surface area contributed by atoms with Crippen LogP contribution in [0, 0.1) is 56.7 Å². The van der Waals surface area contributed by atoms with Crippen LogP contribution < -0.4 is 0 Å². The highest BCUT2D eigenvalue weighted by Gasteiger charge is 2.75. The van der Waals surface area contributed by atoms with Crippen molar-refractivity contribution in [2.45, 2.75) is 112 Å². The Bertz CT molecular complexity index is 906. The number of aliphatic hydroxyl groups excluding tert-OH is 1. The predicted molar refractivity (Wildman–Crippen MR) is 130 cm³/mol. The minimum absolute atomic E-state index is 0.00210. The number of aliphatic hydroxyl groups is 1. The summed E-state index contributed by atoms with van der Waals surface area (Å²) in [6.07, 6.45) is 10.2. The number of carbonyl (C=O) groups excluding carboxylic acids is 1. The van der Waals surface area contributed by atoms with Crippen molar-refractivity contribution in [3.63, 3.8) is 0 Å². The van der Waals surface area contributed by atoms with Gasteiger partial charge in [-0.2, -0.15) is 0 Å². The Morgan fingerprint density at radius 3 is 2.36 bits per heavy atom. The van der Waals surface area contributed by atoms with E-state index in [1.165, 1.54) is 44.1 Å². The Kier molecular flexibility index (Phi) is 4.44. The van der Waals surface area contributed by atoms with Gasteiger partial charge >= 0.3 is 5.97 Å². The number of hydrogen-bond donors (Lipinski definition) is 1. The van der Waals surface area contributed by atoms with Crippen LogP contribution in [0.2, 0.25) is 0 Å². The molecule has 11 atom stereocenters. The van der Waals surface area contributed by atoms with Crippen LogP contribution in [0.15, 0.2) is 12.2 Å². The first-order chi connectivity index (χ1) is 15.3. The van der Waals surface area contributed by atoms with E-state index >= 15 is 0 Å². The molecule has 0 aromatic carbocycles. The molecule has 1 heterocycles. The number of hydrogen-bond acceptors (Lipinski definition) is 3. The van der Waals surface area contributed by atoms with Gasteiger partial charge in [0, 0.05) is 12.3 Å². The maximum atomic E-state index is 13.2. The minimum Gasteiger partial charge on any atom is -0.461 e. The van der Waals surface area contributed by atoms with E-state index in [9.17, 15) is 9.90 Å². The molecule has 2 bridgehead atoms. The summed E-state index contributed by atoms with van der Waals surface area (Å²) in [4.78, 5) is 13.2. The highest BCUT2D eigenvalue weighted by atomic mass is 16.6. The van der Waals surface area contributed by atoms with Crippen molar-refractivity contribution in [2.75, 3.05) is 0 Å². The fraction of sp³-hybridized carbons (Fsp3) is 0.900. The van der Waals surface area contributed by atoms with E-state index in [1.807, 2.05) is 0 Å². The van der Waals surface area contributed by atoms with Crippen LogP contribution in [0.4, 0.5) is 0 Å². The Morgan fingerprint density at radius 1 is 0.939 bits per heavy atom. The lowest BCUT2D eigenvalue weighted by Crippen LogP contribution is -2.67. The average molecular weight is 455 g/mol. The second kappa shape index (κ2) is 6.48. The average Bonchev–Trinajstić information content (AvgIpc) is 3.23. The summed E-state index contributed by atoms with van der Waals surface area (Å²) in [7, 11) is 0. The fourth-order valence-electron chi connectivity index (χ4n) is 11.9.